The first-order valence-electron chi connectivity index (χ1n) is 7.41. The van der Waals surface area contributed by atoms with Crippen molar-refractivity contribution in [2.45, 2.75) is 27.3 Å². The summed E-state index contributed by atoms with van der Waals surface area (Å²) >= 11 is 3.59. The van der Waals surface area contributed by atoms with E-state index in [-0.39, 0.29) is 0 Å². The lowest BCUT2D eigenvalue weighted by atomic mass is 10.0. The van der Waals surface area contributed by atoms with E-state index in [9.17, 15) is 0 Å². The maximum Gasteiger partial charge on any atom is 0.0867 e. The first-order chi connectivity index (χ1) is 10.6. The fraction of sp³-hybridized carbons (Fsp3) is 0.211. The summed E-state index contributed by atoms with van der Waals surface area (Å²) in [4.78, 5) is 4.64. The fourth-order valence-corrected chi connectivity index (χ4v) is 3.25. The summed E-state index contributed by atoms with van der Waals surface area (Å²) in [6, 6.07) is 14.7. The Kier molecular flexibility index (Phi) is 4.16. The van der Waals surface area contributed by atoms with Gasteiger partial charge in [-0.05, 0) is 65.5 Å². The maximum atomic E-state index is 4.64. The highest BCUT2D eigenvalue weighted by Crippen LogP contribution is 2.29. The van der Waals surface area contributed by atoms with Gasteiger partial charge < -0.3 is 5.32 Å². The monoisotopic (exact) mass is 354 g/mol. The molecule has 1 heterocycles. The van der Waals surface area contributed by atoms with Crippen LogP contribution in [0.25, 0.3) is 10.9 Å². The van der Waals surface area contributed by atoms with Crippen molar-refractivity contribution in [3.63, 3.8) is 0 Å². The second-order valence-electron chi connectivity index (χ2n) is 5.67. The summed E-state index contributed by atoms with van der Waals surface area (Å²) in [5.41, 5.74) is 7.16. The molecule has 112 valence electrons. The van der Waals surface area contributed by atoms with E-state index in [4.69, 9.17) is 0 Å². The number of anilines is 1. The zero-order valence-electron chi connectivity index (χ0n) is 13.1. The number of nitrogens with zero attached hydrogens (tertiary/aromatic N) is 1. The van der Waals surface area contributed by atoms with Crippen molar-refractivity contribution in [2.24, 2.45) is 0 Å². The molecular formula is C19H19BrN2. The Morgan fingerprint density at radius 1 is 1.00 bits per heavy atom. The number of nitrogens with one attached hydrogen (secondary N) is 1. The Labute approximate surface area is 139 Å². The van der Waals surface area contributed by atoms with E-state index < -0.39 is 0 Å². The third-order valence-corrected chi connectivity index (χ3v) is 4.66. The molecule has 0 atom stereocenters. The lowest BCUT2D eigenvalue weighted by molar-refractivity contribution is 1.09. The molecule has 1 N–H and O–H groups in total. The minimum atomic E-state index is 0.823. The normalized spacial score (nSPS) is 10.9. The van der Waals surface area contributed by atoms with Gasteiger partial charge in [0.1, 0.15) is 0 Å². The Morgan fingerprint density at radius 2 is 1.68 bits per heavy atom. The molecule has 2 aromatic carbocycles. The van der Waals surface area contributed by atoms with Gasteiger partial charge in [0.15, 0.2) is 0 Å². The third kappa shape index (κ3) is 2.86. The average Bonchev–Trinajstić information content (AvgIpc) is 2.47. The van der Waals surface area contributed by atoms with Crippen molar-refractivity contribution in [1.82, 2.24) is 4.98 Å². The van der Waals surface area contributed by atoms with E-state index in [0.717, 1.165) is 33.3 Å². The Balaban J connectivity index is 1.99. The Bertz CT molecular complexity index is 820. The smallest absolute Gasteiger partial charge is 0.0867 e. The number of hydrogen-bond donors (Lipinski definition) is 1. The van der Waals surface area contributed by atoms with Gasteiger partial charge in [-0.1, -0.05) is 30.3 Å². The number of rotatable bonds is 3. The molecular weight excluding hydrogens is 336 g/mol. The number of para-hydroxylation sites is 1. The van der Waals surface area contributed by atoms with Crippen LogP contribution in [0.2, 0.25) is 0 Å². The highest BCUT2D eigenvalue weighted by atomic mass is 79.9. The minimum Gasteiger partial charge on any atom is -0.380 e. The van der Waals surface area contributed by atoms with Crippen molar-refractivity contribution >= 4 is 32.5 Å². The number of fused-ring (bicyclic) bond motifs is 1. The molecule has 0 aliphatic carbocycles. The third-order valence-electron chi connectivity index (χ3n) is 4.02. The lowest BCUT2D eigenvalue weighted by Gasteiger charge is -2.14. The van der Waals surface area contributed by atoms with Crippen LogP contribution in [0.3, 0.4) is 0 Å². The van der Waals surface area contributed by atoms with Crippen molar-refractivity contribution < 1.29 is 0 Å². The zero-order chi connectivity index (χ0) is 15.7. The molecule has 0 amide bonds. The van der Waals surface area contributed by atoms with Gasteiger partial charge in [0, 0.05) is 27.8 Å². The molecule has 0 spiro atoms. The lowest BCUT2D eigenvalue weighted by Crippen LogP contribution is -2.04. The molecule has 0 aliphatic rings. The van der Waals surface area contributed by atoms with E-state index in [1.807, 2.05) is 19.1 Å². The second-order valence-corrected chi connectivity index (χ2v) is 6.53. The number of aryl methyl sites for hydroxylation is 3. The van der Waals surface area contributed by atoms with E-state index in [1.165, 1.54) is 16.7 Å². The van der Waals surface area contributed by atoms with Crippen LogP contribution in [0.5, 0.6) is 0 Å². The summed E-state index contributed by atoms with van der Waals surface area (Å²) < 4.78 is 1.03. The van der Waals surface area contributed by atoms with E-state index in [0.29, 0.717) is 0 Å². The second kappa shape index (κ2) is 6.09. The van der Waals surface area contributed by atoms with Crippen LogP contribution >= 0.6 is 15.9 Å². The van der Waals surface area contributed by atoms with Crippen molar-refractivity contribution in [1.29, 1.82) is 0 Å². The quantitative estimate of drug-likeness (QED) is 0.668. The number of hydrogen-bond acceptors (Lipinski definition) is 2. The fourth-order valence-electron chi connectivity index (χ4n) is 2.80. The predicted molar refractivity (Wildman–Crippen MR) is 97.4 cm³/mol. The number of aromatic nitrogens is 1. The van der Waals surface area contributed by atoms with Crippen LogP contribution in [0.4, 0.5) is 5.69 Å². The van der Waals surface area contributed by atoms with Gasteiger partial charge in [-0.3, -0.25) is 4.98 Å². The average molecular weight is 355 g/mol. The van der Waals surface area contributed by atoms with Gasteiger partial charge in [0.25, 0.3) is 0 Å². The Hall–Kier alpha value is -1.87. The molecule has 0 bridgehead atoms. The van der Waals surface area contributed by atoms with Gasteiger partial charge in [0.05, 0.1) is 5.52 Å². The molecule has 0 saturated carbocycles. The minimum absolute atomic E-state index is 0.823. The van der Waals surface area contributed by atoms with Crippen molar-refractivity contribution in [3.8, 4) is 0 Å². The molecule has 0 fully saturated rings. The van der Waals surface area contributed by atoms with Crippen molar-refractivity contribution in [2.75, 3.05) is 5.32 Å². The molecule has 0 aliphatic heterocycles. The van der Waals surface area contributed by atoms with Crippen LogP contribution < -0.4 is 5.32 Å². The standard InChI is InChI=1S/C19H19BrN2/c1-12-6-4-7-13(2)16(12)11-21-18-10-14(3)22-19-15(18)8-5-9-17(19)20/h4-10H,11H2,1-3H3,(H,21,22). The summed E-state index contributed by atoms with van der Waals surface area (Å²) in [6.07, 6.45) is 0. The number of halogens is 1. The van der Waals surface area contributed by atoms with E-state index >= 15 is 0 Å². The van der Waals surface area contributed by atoms with Crippen LogP contribution in [0.1, 0.15) is 22.4 Å². The zero-order valence-corrected chi connectivity index (χ0v) is 14.7. The van der Waals surface area contributed by atoms with Gasteiger partial charge in [-0.25, -0.2) is 0 Å². The molecule has 22 heavy (non-hydrogen) atoms. The largest absolute Gasteiger partial charge is 0.380 e. The molecule has 3 heteroatoms. The molecule has 3 aromatic rings. The molecule has 0 unspecified atom stereocenters. The van der Waals surface area contributed by atoms with Crippen molar-refractivity contribution in [3.05, 3.63) is 69.3 Å². The SMILES string of the molecule is Cc1cc(NCc2c(C)cccc2C)c2cccc(Br)c2n1. The summed E-state index contributed by atoms with van der Waals surface area (Å²) in [5.74, 6) is 0. The van der Waals surface area contributed by atoms with Crippen LogP contribution in [0, 0.1) is 20.8 Å². The van der Waals surface area contributed by atoms with Gasteiger partial charge in [-0.15, -0.1) is 0 Å². The number of pyridine rings is 1. The molecule has 0 saturated heterocycles. The molecule has 0 radical (unpaired) electrons. The number of benzene rings is 2. The van der Waals surface area contributed by atoms with Crippen LogP contribution in [-0.4, -0.2) is 4.98 Å². The maximum absolute atomic E-state index is 4.64. The highest BCUT2D eigenvalue weighted by Gasteiger charge is 2.08. The van der Waals surface area contributed by atoms with Crippen LogP contribution in [-0.2, 0) is 6.54 Å². The van der Waals surface area contributed by atoms with Gasteiger partial charge in [-0.2, -0.15) is 0 Å². The molecule has 1 aromatic heterocycles. The first kappa shape index (κ1) is 15.0. The highest BCUT2D eigenvalue weighted by molar-refractivity contribution is 9.10. The molecule has 3 rings (SSSR count). The molecule has 2 nitrogen and oxygen atoms in total. The van der Waals surface area contributed by atoms with E-state index in [2.05, 4.69) is 70.4 Å². The Morgan fingerprint density at radius 3 is 2.41 bits per heavy atom. The van der Waals surface area contributed by atoms with Crippen LogP contribution in [0.15, 0.2) is 46.9 Å². The topological polar surface area (TPSA) is 24.9 Å². The van der Waals surface area contributed by atoms with Gasteiger partial charge in [0.2, 0.25) is 0 Å². The summed E-state index contributed by atoms with van der Waals surface area (Å²) in [6.45, 7) is 7.18. The van der Waals surface area contributed by atoms with Gasteiger partial charge >= 0.3 is 0 Å². The summed E-state index contributed by atoms with van der Waals surface area (Å²) in [5, 5.41) is 4.74. The van der Waals surface area contributed by atoms with E-state index in [1.54, 1.807) is 0 Å². The first-order valence-corrected chi connectivity index (χ1v) is 8.20. The predicted octanol–water partition coefficient (Wildman–Crippen LogP) is 5.53. The summed E-state index contributed by atoms with van der Waals surface area (Å²) in [7, 11) is 0.